The first kappa shape index (κ1) is 12.1. The van der Waals surface area contributed by atoms with Crippen LogP contribution in [0, 0.1) is 0 Å². The smallest absolute Gasteiger partial charge is 0.287 e. The van der Waals surface area contributed by atoms with Gasteiger partial charge in [-0.05, 0) is 31.5 Å². The van der Waals surface area contributed by atoms with Gasteiger partial charge in [-0.15, -0.1) is 0 Å². The summed E-state index contributed by atoms with van der Waals surface area (Å²) in [6.07, 6.45) is 2.30. The first-order chi connectivity index (χ1) is 8.29. The minimum absolute atomic E-state index is 0.166. The number of rotatable bonds is 5. The molecule has 1 unspecified atom stereocenters. The third-order valence-corrected chi connectivity index (χ3v) is 2.84. The Labute approximate surface area is 101 Å². The molecule has 0 aliphatic carbocycles. The molecule has 2 N–H and O–H groups in total. The second kappa shape index (κ2) is 5.84. The van der Waals surface area contributed by atoms with Crippen LogP contribution in [0.15, 0.2) is 16.5 Å². The summed E-state index contributed by atoms with van der Waals surface area (Å²) in [4.78, 5) is 11.7. The van der Waals surface area contributed by atoms with Crippen molar-refractivity contribution in [2.45, 2.75) is 25.5 Å². The Morgan fingerprint density at radius 1 is 1.65 bits per heavy atom. The Balaban J connectivity index is 1.81. The largest absolute Gasteiger partial charge is 0.453 e. The van der Waals surface area contributed by atoms with E-state index in [1.807, 2.05) is 0 Å². The number of hydrogen-bond acceptors (Lipinski definition) is 4. The van der Waals surface area contributed by atoms with Gasteiger partial charge >= 0.3 is 0 Å². The summed E-state index contributed by atoms with van der Waals surface area (Å²) in [5, 5.41) is 6.18. The van der Waals surface area contributed by atoms with Crippen molar-refractivity contribution in [3.8, 4) is 0 Å². The standard InChI is InChI=1S/C12H18N2O3/c1-16-8-10-4-5-11(17-10)12(15)14-7-9-3-2-6-13-9/h4-5,9,13H,2-3,6-8H2,1H3,(H,14,15). The van der Waals surface area contributed by atoms with Crippen LogP contribution in [-0.2, 0) is 11.3 Å². The number of hydrogen-bond donors (Lipinski definition) is 2. The monoisotopic (exact) mass is 238 g/mol. The van der Waals surface area contributed by atoms with Gasteiger partial charge in [0.05, 0.1) is 0 Å². The molecule has 1 aromatic rings. The number of methoxy groups -OCH3 is 1. The second-order valence-corrected chi connectivity index (χ2v) is 4.20. The number of ether oxygens (including phenoxy) is 1. The van der Waals surface area contributed by atoms with Crippen LogP contribution < -0.4 is 10.6 Å². The molecule has 0 aromatic carbocycles. The number of carbonyl (C=O) groups is 1. The first-order valence-corrected chi connectivity index (χ1v) is 5.89. The lowest BCUT2D eigenvalue weighted by Crippen LogP contribution is -2.37. The molecule has 17 heavy (non-hydrogen) atoms. The lowest BCUT2D eigenvalue weighted by atomic mass is 10.2. The predicted molar refractivity (Wildman–Crippen MR) is 62.8 cm³/mol. The predicted octanol–water partition coefficient (Wildman–Crippen LogP) is 0.908. The van der Waals surface area contributed by atoms with Crippen molar-refractivity contribution in [2.24, 2.45) is 0 Å². The minimum Gasteiger partial charge on any atom is -0.453 e. The molecule has 2 heterocycles. The van der Waals surface area contributed by atoms with Crippen LogP contribution in [0.25, 0.3) is 0 Å². The molecule has 1 atom stereocenters. The van der Waals surface area contributed by atoms with Gasteiger partial charge in [-0.3, -0.25) is 4.79 Å². The van der Waals surface area contributed by atoms with E-state index in [1.54, 1.807) is 19.2 Å². The van der Waals surface area contributed by atoms with Crippen LogP contribution in [0.5, 0.6) is 0 Å². The molecule has 2 rings (SSSR count). The highest BCUT2D eigenvalue weighted by Crippen LogP contribution is 2.09. The molecule has 0 bridgehead atoms. The van der Waals surface area contributed by atoms with Gasteiger partial charge in [-0.1, -0.05) is 0 Å². The molecule has 0 saturated carbocycles. The number of amides is 1. The molecule has 5 heteroatoms. The zero-order valence-corrected chi connectivity index (χ0v) is 9.99. The van der Waals surface area contributed by atoms with Crippen LogP contribution in [0.1, 0.15) is 29.2 Å². The van der Waals surface area contributed by atoms with Crippen LogP contribution in [0.3, 0.4) is 0 Å². The Hall–Kier alpha value is -1.33. The van der Waals surface area contributed by atoms with Crippen LogP contribution in [0.4, 0.5) is 0 Å². The van der Waals surface area contributed by atoms with Gasteiger partial charge in [-0.25, -0.2) is 0 Å². The maximum Gasteiger partial charge on any atom is 0.287 e. The fourth-order valence-electron chi connectivity index (χ4n) is 1.95. The Morgan fingerprint density at radius 2 is 2.53 bits per heavy atom. The van der Waals surface area contributed by atoms with Crippen molar-refractivity contribution < 1.29 is 13.9 Å². The quantitative estimate of drug-likeness (QED) is 0.800. The number of carbonyl (C=O) groups excluding carboxylic acids is 1. The van der Waals surface area contributed by atoms with Crippen molar-refractivity contribution in [3.05, 3.63) is 23.7 Å². The Kier molecular flexibility index (Phi) is 4.17. The Morgan fingerprint density at radius 3 is 3.24 bits per heavy atom. The summed E-state index contributed by atoms with van der Waals surface area (Å²) in [6.45, 7) is 2.08. The van der Waals surface area contributed by atoms with Gasteiger partial charge in [0.15, 0.2) is 5.76 Å². The zero-order chi connectivity index (χ0) is 12.1. The van der Waals surface area contributed by atoms with Crippen molar-refractivity contribution >= 4 is 5.91 Å². The molecule has 0 radical (unpaired) electrons. The summed E-state index contributed by atoms with van der Waals surface area (Å²) in [7, 11) is 1.59. The minimum atomic E-state index is -0.166. The van der Waals surface area contributed by atoms with Crippen LogP contribution in [0.2, 0.25) is 0 Å². The van der Waals surface area contributed by atoms with Gasteiger partial charge in [-0.2, -0.15) is 0 Å². The highest BCUT2D eigenvalue weighted by Gasteiger charge is 2.16. The normalized spacial score (nSPS) is 19.5. The molecule has 1 amide bonds. The molecule has 1 aliphatic heterocycles. The van der Waals surface area contributed by atoms with E-state index < -0.39 is 0 Å². The molecule has 5 nitrogen and oxygen atoms in total. The van der Waals surface area contributed by atoms with Gasteiger partial charge in [0.2, 0.25) is 0 Å². The SMILES string of the molecule is COCc1ccc(C(=O)NCC2CCCN2)o1. The second-order valence-electron chi connectivity index (χ2n) is 4.20. The van der Waals surface area contributed by atoms with E-state index in [9.17, 15) is 4.79 Å². The van der Waals surface area contributed by atoms with Gasteiger partial charge in [0.25, 0.3) is 5.91 Å². The summed E-state index contributed by atoms with van der Waals surface area (Å²) in [6, 6.07) is 3.82. The fourth-order valence-corrected chi connectivity index (χ4v) is 1.95. The fraction of sp³-hybridized carbons (Fsp3) is 0.583. The third-order valence-electron chi connectivity index (χ3n) is 2.84. The van der Waals surface area contributed by atoms with E-state index in [1.165, 1.54) is 6.42 Å². The zero-order valence-electron chi connectivity index (χ0n) is 9.99. The maximum absolute atomic E-state index is 11.7. The molecule has 1 saturated heterocycles. The summed E-state index contributed by atoms with van der Waals surface area (Å²) < 4.78 is 10.3. The van der Waals surface area contributed by atoms with E-state index in [0.29, 0.717) is 30.7 Å². The summed E-state index contributed by atoms with van der Waals surface area (Å²) in [5.41, 5.74) is 0. The topological polar surface area (TPSA) is 63.5 Å². The highest BCUT2D eigenvalue weighted by atomic mass is 16.5. The lowest BCUT2D eigenvalue weighted by molar-refractivity contribution is 0.0914. The number of nitrogens with one attached hydrogen (secondary N) is 2. The van der Waals surface area contributed by atoms with Crippen molar-refractivity contribution in [1.29, 1.82) is 0 Å². The number of furan rings is 1. The molecule has 1 fully saturated rings. The molecule has 94 valence electrons. The van der Waals surface area contributed by atoms with E-state index in [4.69, 9.17) is 9.15 Å². The molecule has 0 spiro atoms. The molecule has 1 aromatic heterocycles. The van der Waals surface area contributed by atoms with Gasteiger partial charge < -0.3 is 19.8 Å². The van der Waals surface area contributed by atoms with E-state index in [-0.39, 0.29) is 5.91 Å². The average molecular weight is 238 g/mol. The van der Waals surface area contributed by atoms with E-state index >= 15 is 0 Å². The van der Waals surface area contributed by atoms with Gasteiger partial charge in [0, 0.05) is 19.7 Å². The lowest BCUT2D eigenvalue weighted by Gasteiger charge is -2.10. The van der Waals surface area contributed by atoms with E-state index in [2.05, 4.69) is 10.6 Å². The summed E-state index contributed by atoms with van der Waals surface area (Å²) in [5.74, 6) is 0.841. The maximum atomic E-state index is 11.7. The average Bonchev–Trinajstić information content (AvgIpc) is 2.97. The molecule has 1 aliphatic rings. The highest BCUT2D eigenvalue weighted by molar-refractivity contribution is 5.91. The molecular formula is C12H18N2O3. The van der Waals surface area contributed by atoms with Gasteiger partial charge in [0.1, 0.15) is 12.4 Å². The van der Waals surface area contributed by atoms with Crippen LogP contribution in [-0.4, -0.2) is 32.1 Å². The summed E-state index contributed by atoms with van der Waals surface area (Å²) >= 11 is 0. The van der Waals surface area contributed by atoms with Crippen LogP contribution >= 0.6 is 0 Å². The van der Waals surface area contributed by atoms with Crippen molar-refractivity contribution in [2.75, 3.05) is 20.2 Å². The first-order valence-electron chi connectivity index (χ1n) is 5.89. The van der Waals surface area contributed by atoms with Crippen molar-refractivity contribution in [3.63, 3.8) is 0 Å². The van der Waals surface area contributed by atoms with E-state index in [0.717, 1.165) is 13.0 Å². The third kappa shape index (κ3) is 3.31. The Bertz CT molecular complexity index is 370. The van der Waals surface area contributed by atoms with Crippen molar-refractivity contribution in [1.82, 2.24) is 10.6 Å². The molecular weight excluding hydrogens is 220 g/mol.